The second kappa shape index (κ2) is 5.63. The molecule has 0 aliphatic heterocycles. The van der Waals surface area contributed by atoms with E-state index in [1.807, 2.05) is 13.8 Å². The maximum absolute atomic E-state index is 12.1. The Bertz CT molecular complexity index is 587. The lowest BCUT2D eigenvalue weighted by Crippen LogP contribution is -2.16. The Kier molecular flexibility index (Phi) is 4.12. The largest absolute Gasteiger partial charge is 0.307 e. The number of carbonyl (C=O) groups is 1. The molecule has 0 aliphatic carbocycles. The summed E-state index contributed by atoms with van der Waals surface area (Å²) in [6.45, 7) is 3.97. The highest BCUT2D eigenvalue weighted by Crippen LogP contribution is 2.20. The van der Waals surface area contributed by atoms with Gasteiger partial charge in [0.2, 0.25) is 0 Å². The number of aromatic nitrogens is 2. The van der Waals surface area contributed by atoms with Crippen LogP contribution in [0.2, 0.25) is 10.0 Å². The number of hydrogen-bond donors (Lipinski definition) is 1. The Morgan fingerprint density at radius 1 is 1.26 bits per heavy atom. The van der Waals surface area contributed by atoms with Crippen molar-refractivity contribution < 1.29 is 4.79 Å². The number of nitrogens with one attached hydrogen (secondary N) is 1. The van der Waals surface area contributed by atoms with E-state index in [1.54, 1.807) is 35.1 Å². The van der Waals surface area contributed by atoms with E-state index in [2.05, 4.69) is 10.4 Å². The number of rotatable bonds is 3. The number of carbonyl (C=O) groups excluding carboxylic acids is 1. The first-order valence-electron chi connectivity index (χ1n) is 5.78. The van der Waals surface area contributed by atoms with Gasteiger partial charge in [-0.15, -0.1) is 0 Å². The van der Waals surface area contributed by atoms with Gasteiger partial charge < -0.3 is 5.32 Å². The summed E-state index contributed by atoms with van der Waals surface area (Å²) < 4.78 is 1.73. The molecule has 1 aromatic heterocycles. The maximum Gasteiger partial charge on any atom is 0.256 e. The summed E-state index contributed by atoms with van der Waals surface area (Å²) >= 11 is 11.8. The molecule has 0 spiro atoms. The summed E-state index contributed by atoms with van der Waals surface area (Å²) in [5, 5.41) is 7.79. The summed E-state index contributed by atoms with van der Waals surface area (Å²) in [7, 11) is 0. The van der Waals surface area contributed by atoms with Crippen LogP contribution in [0.3, 0.4) is 0 Å². The molecule has 6 heteroatoms. The predicted octanol–water partition coefficient (Wildman–Crippen LogP) is 4.02. The van der Waals surface area contributed by atoms with Gasteiger partial charge in [-0.25, -0.2) is 4.68 Å². The second-order valence-corrected chi connectivity index (χ2v) is 5.24. The number of hydrogen-bond acceptors (Lipinski definition) is 2. The number of amides is 1. The first-order chi connectivity index (χ1) is 8.97. The third kappa shape index (κ3) is 3.28. The molecule has 1 N–H and O–H groups in total. The van der Waals surface area contributed by atoms with Crippen molar-refractivity contribution in [2.45, 2.75) is 19.9 Å². The average Bonchev–Trinajstić information content (AvgIpc) is 2.75. The predicted molar refractivity (Wildman–Crippen MR) is 77.0 cm³/mol. The van der Waals surface area contributed by atoms with Crippen LogP contribution in [-0.4, -0.2) is 15.7 Å². The molecule has 19 heavy (non-hydrogen) atoms. The highest BCUT2D eigenvalue weighted by Gasteiger charge is 2.12. The normalized spacial score (nSPS) is 10.8. The van der Waals surface area contributed by atoms with Gasteiger partial charge >= 0.3 is 0 Å². The molecule has 100 valence electrons. The fourth-order valence-corrected chi connectivity index (χ4v) is 2.22. The van der Waals surface area contributed by atoms with Crippen LogP contribution in [0.1, 0.15) is 30.2 Å². The molecule has 1 heterocycles. The fraction of sp³-hybridized carbons (Fsp3) is 0.231. The molecule has 0 radical (unpaired) electrons. The zero-order valence-electron chi connectivity index (χ0n) is 10.5. The molecule has 0 bridgehead atoms. The Hall–Kier alpha value is -1.52. The molecule has 0 fully saturated rings. The summed E-state index contributed by atoms with van der Waals surface area (Å²) in [5.74, 6) is 0.364. The van der Waals surface area contributed by atoms with Crippen molar-refractivity contribution >= 4 is 34.9 Å². The van der Waals surface area contributed by atoms with Gasteiger partial charge in [0.05, 0.1) is 6.20 Å². The Morgan fingerprint density at radius 3 is 2.47 bits per heavy atom. The first kappa shape index (κ1) is 13.9. The fourth-order valence-electron chi connectivity index (χ4n) is 1.70. The van der Waals surface area contributed by atoms with Gasteiger partial charge in [0, 0.05) is 27.7 Å². The molecule has 0 saturated heterocycles. The third-order valence-electron chi connectivity index (χ3n) is 2.53. The average molecular weight is 298 g/mol. The van der Waals surface area contributed by atoms with E-state index in [0.29, 0.717) is 21.4 Å². The smallest absolute Gasteiger partial charge is 0.256 e. The molecule has 0 aliphatic rings. The SMILES string of the molecule is CC(C)n1nccc1NC(=O)c1cc(Cl)cc(Cl)c1. The Balaban J connectivity index is 2.23. The second-order valence-electron chi connectivity index (χ2n) is 4.37. The zero-order chi connectivity index (χ0) is 14.0. The van der Waals surface area contributed by atoms with Gasteiger partial charge in [0.25, 0.3) is 5.91 Å². The van der Waals surface area contributed by atoms with Crippen molar-refractivity contribution in [1.29, 1.82) is 0 Å². The van der Waals surface area contributed by atoms with Crippen molar-refractivity contribution in [3.8, 4) is 0 Å². The molecular formula is C13H13Cl2N3O. The van der Waals surface area contributed by atoms with Gasteiger partial charge in [-0.3, -0.25) is 4.79 Å². The number of anilines is 1. The van der Waals surface area contributed by atoms with Crippen molar-refractivity contribution in [2.24, 2.45) is 0 Å². The van der Waals surface area contributed by atoms with Crippen LogP contribution in [0.15, 0.2) is 30.5 Å². The molecule has 0 atom stereocenters. The summed E-state index contributed by atoms with van der Waals surface area (Å²) in [5.41, 5.74) is 0.411. The van der Waals surface area contributed by atoms with Gasteiger partial charge in [0.15, 0.2) is 0 Å². The minimum atomic E-state index is -0.271. The zero-order valence-corrected chi connectivity index (χ0v) is 12.0. The van der Waals surface area contributed by atoms with E-state index >= 15 is 0 Å². The van der Waals surface area contributed by atoms with Crippen molar-refractivity contribution in [3.63, 3.8) is 0 Å². The number of benzene rings is 1. The van der Waals surface area contributed by atoms with Crippen LogP contribution in [0.25, 0.3) is 0 Å². The van der Waals surface area contributed by atoms with Crippen LogP contribution >= 0.6 is 23.2 Å². The molecule has 2 aromatic rings. The molecule has 4 nitrogen and oxygen atoms in total. The molecule has 2 rings (SSSR count). The molecule has 0 saturated carbocycles. The van der Waals surface area contributed by atoms with E-state index < -0.39 is 0 Å². The van der Waals surface area contributed by atoms with Gasteiger partial charge in [-0.2, -0.15) is 5.10 Å². The van der Waals surface area contributed by atoms with Crippen molar-refractivity contribution in [3.05, 3.63) is 46.1 Å². The Morgan fingerprint density at radius 2 is 1.89 bits per heavy atom. The minimum absolute atomic E-state index is 0.160. The Labute approximate surface area is 121 Å². The van der Waals surface area contributed by atoms with Crippen LogP contribution in [0.4, 0.5) is 5.82 Å². The molecule has 1 aromatic carbocycles. The third-order valence-corrected chi connectivity index (χ3v) is 2.96. The maximum atomic E-state index is 12.1. The van der Waals surface area contributed by atoms with E-state index in [-0.39, 0.29) is 11.9 Å². The highest BCUT2D eigenvalue weighted by molar-refractivity contribution is 6.35. The van der Waals surface area contributed by atoms with Gasteiger partial charge in [-0.05, 0) is 32.0 Å². The van der Waals surface area contributed by atoms with E-state index in [0.717, 1.165) is 0 Å². The first-order valence-corrected chi connectivity index (χ1v) is 6.54. The van der Waals surface area contributed by atoms with E-state index in [9.17, 15) is 4.79 Å². The lowest BCUT2D eigenvalue weighted by molar-refractivity contribution is 0.102. The van der Waals surface area contributed by atoms with Crippen LogP contribution < -0.4 is 5.32 Å². The molecule has 1 amide bonds. The van der Waals surface area contributed by atoms with Gasteiger partial charge in [0.1, 0.15) is 5.82 Å². The topological polar surface area (TPSA) is 46.9 Å². The van der Waals surface area contributed by atoms with Crippen molar-refractivity contribution in [1.82, 2.24) is 9.78 Å². The lowest BCUT2D eigenvalue weighted by atomic mass is 10.2. The standard InChI is InChI=1S/C13H13Cl2N3O/c1-8(2)18-12(3-4-16-18)17-13(19)9-5-10(14)7-11(15)6-9/h3-8H,1-2H3,(H,17,19). The van der Waals surface area contributed by atoms with Crippen LogP contribution in [0.5, 0.6) is 0 Å². The van der Waals surface area contributed by atoms with Crippen LogP contribution in [-0.2, 0) is 0 Å². The number of halogens is 2. The van der Waals surface area contributed by atoms with Crippen LogP contribution in [0, 0.1) is 0 Å². The highest BCUT2D eigenvalue weighted by atomic mass is 35.5. The molecular weight excluding hydrogens is 285 g/mol. The minimum Gasteiger partial charge on any atom is -0.307 e. The van der Waals surface area contributed by atoms with Gasteiger partial charge in [-0.1, -0.05) is 23.2 Å². The van der Waals surface area contributed by atoms with E-state index in [1.165, 1.54) is 0 Å². The molecule has 0 unspecified atom stereocenters. The summed E-state index contributed by atoms with van der Waals surface area (Å²) in [6, 6.07) is 6.62. The van der Waals surface area contributed by atoms with E-state index in [4.69, 9.17) is 23.2 Å². The number of nitrogens with zero attached hydrogens (tertiary/aromatic N) is 2. The lowest BCUT2D eigenvalue weighted by Gasteiger charge is -2.12. The quantitative estimate of drug-likeness (QED) is 0.930. The summed E-state index contributed by atoms with van der Waals surface area (Å²) in [6.07, 6.45) is 1.64. The monoisotopic (exact) mass is 297 g/mol. The van der Waals surface area contributed by atoms with Crippen molar-refractivity contribution in [2.75, 3.05) is 5.32 Å². The summed E-state index contributed by atoms with van der Waals surface area (Å²) in [4.78, 5) is 12.1.